The maximum Gasteiger partial charge on any atom is 0.227 e. The van der Waals surface area contributed by atoms with E-state index in [1.807, 2.05) is 13.1 Å². The summed E-state index contributed by atoms with van der Waals surface area (Å²) in [6.07, 6.45) is 2.70. The van der Waals surface area contributed by atoms with E-state index in [0.29, 0.717) is 11.7 Å². The van der Waals surface area contributed by atoms with Crippen LogP contribution in [0.25, 0.3) is 0 Å². The van der Waals surface area contributed by atoms with Crippen molar-refractivity contribution in [2.75, 3.05) is 24.5 Å². The summed E-state index contributed by atoms with van der Waals surface area (Å²) in [5.41, 5.74) is 0. The van der Waals surface area contributed by atoms with Crippen molar-refractivity contribution >= 4 is 16.5 Å². The zero-order valence-electron chi connectivity index (χ0n) is 12.2. The molecule has 0 atom stereocenters. The molecule has 0 bridgehead atoms. The van der Waals surface area contributed by atoms with Gasteiger partial charge in [-0.25, -0.2) is 4.98 Å². The summed E-state index contributed by atoms with van der Waals surface area (Å²) >= 11 is 1.74. The van der Waals surface area contributed by atoms with Gasteiger partial charge in [-0.2, -0.15) is 4.98 Å². The van der Waals surface area contributed by atoms with Gasteiger partial charge in [0, 0.05) is 43.7 Å². The van der Waals surface area contributed by atoms with Crippen LogP contribution >= 0.6 is 11.3 Å². The molecule has 2 aromatic rings. The number of hydrogen-bond donors (Lipinski definition) is 1. The number of hydrogen-bond acceptors (Lipinski definition) is 7. The topological polar surface area (TPSA) is 67.1 Å². The zero-order valence-corrected chi connectivity index (χ0v) is 13.0. The molecule has 0 radical (unpaired) electrons. The lowest BCUT2D eigenvalue weighted by Gasteiger charge is -2.16. The highest BCUT2D eigenvalue weighted by Crippen LogP contribution is 2.21. The van der Waals surface area contributed by atoms with Crippen LogP contribution in [-0.4, -0.2) is 34.8 Å². The fourth-order valence-electron chi connectivity index (χ4n) is 1.87. The van der Waals surface area contributed by atoms with E-state index in [-0.39, 0.29) is 0 Å². The van der Waals surface area contributed by atoms with E-state index < -0.39 is 0 Å². The van der Waals surface area contributed by atoms with Gasteiger partial charge >= 0.3 is 0 Å². The third-order valence-electron chi connectivity index (χ3n) is 2.96. The Hall–Kier alpha value is -1.47. The third kappa shape index (κ3) is 4.01. The van der Waals surface area contributed by atoms with Crippen molar-refractivity contribution in [3.63, 3.8) is 0 Å². The standard InChI is InChI=1S/C13H21N5OS/c1-4-18(5-2)13-15-9-11(20-13)8-14-7-6-12-16-10(3)17-19-12/h9,14H,4-8H2,1-3H3. The van der Waals surface area contributed by atoms with Gasteiger partial charge in [-0.3, -0.25) is 0 Å². The Morgan fingerprint density at radius 2 is 2.15 bits per heavy atom. The van der Waals surface area contributed by atoms with Crippen LogP contribution in [0, 0.1) is 6.92 Å². The van der Waals surface area contributed by atoms with E-state index in [1.54, 1.807) is 11.3 Å². The number of aromatic nitrogens is 3. The average molecular weight is 295 g/mol. The highest BCUT2D eigenvalue weighted by atomic mass is 32.1. The van der Waals surface area contributed by atoms with Crippen LogP contribution < -0.4 is 10.2 Å². The van der Waals surface area contributed by atoms with Crippen molar-refractivity contribution < 1.29 is 4.52 Å². The van der Waals surface area contributed by atoms with Gasteiger partial charge in [0.25, 0.3) is 0 Å². The predicted octanol–water partition coefficient (Wildman–Crippen LogP) is 2.01. The Morgan fingerprint density at radius 1 is 1.35 bits per heavy atom. The molecule has 0 unspecified atom stereocenters. The Bertz CT molecular complexity index is 520. The van der Waals surface area contributed by atoms with Crippen molar-refractivity contribution in [1.29, 1.82) is 0 Å². The molecular weight excluding hydrogens is 274 g/mol. The Balaban J connectivity index is 1.74. The van der Waals surface area contributed by atoms with Gasteiger partial charge in [0.15, 0.2) is 11.0 Å². The largest absolute Gasteiger partial charge is 0.349 e. The van der Waals surface area contributed by atoms with Crippen molar-refractivity contribution in [3.05, 3.63) is 22.8 Å². The van der Waals surface area contributed by atoms with Gasteiger partial charge in [0.1, 0.15) is 0 Å². The minimum absolute atomic E-state index is 0.683. The molecule has 2 aromatic heterocycles. The third-order valence-corrected chi connectivity index (χ3v) is 4.02. The predicted molar refractivity (Wildman–Crippen MR) is 80.1 cm³/mol. The summed E-state index contributed by atoms with van der Waals surface area (Å²) in [5.74, 6) is 1.37. The van der Waals surface area contributed by atoms with Gasteiger partial charge in [-0.15, -0.1) is 11.3 Å². The van der Waals surface area contributed by atoms with Gasteiger partial charge in [0.05, 0.1) is 0 Å². The van der Waals surface area contributed by atoms with E-state index in [9.17, 15) is 0 Å². The molecule has 0 aromatic carbocycles. The molecule has 2 heterocycles. The summed E-state index contributed by atoms with van der Waals surface area (Å²) in [6.45, 7) is 9.75. The maximum absolute atomic E-state index is 5.06. The van der Waals surface area contributed by atoms with Crippen LogP contribution in [0.4, 0.5) is 5.13 Å². The number of nitrogens with one attached hydrogen (secondary N) is 1. The highest BCUT2D eigenvalue weighted by Gasteiger charge is 2.07. The van der Waals surface area contributed by atoms with Crippen molar-refractivity contribution in [3.8, 4) is 0 Å². The number of rotatable bonds is 8. The Morgan fingerprint density at radius 3 is 2.80 bits per heavy atom. The second-order valence-electron chi connectivity index (χ2n) is 4.44. The SMILES string of the molecule is CCN(CC)c1ncc(CNCCc2nc(C)no2)s1. The molecule has 1 N–H and O–H groups in total. The van der Waals surface area contributed by atoms with Crippen LogP contribution in [0.15, 0.2) is 10.7 Å². The van der Waals surface area contributed by atoms with E-state index in [1.165, 1.54) is 4.88 Å². The van der Waals surface area contributed by atoms with E-state index >= 15 is 0 Å². The fraction of sp³-hybridized carbons (Fsp3) is 0.615. The number of aryl methyl sites for hydroxylation is 1. The molecule has 0 aliphatic carbocycles. The Labute approximate surface area is 123 Å². The van der Waals surface area contributed by atoms with Crippen LogP contribution in [0.5, 0.6) is 0 Å². The zero-order chi connectivity index (χ0) is 14.4. The molecule has 20 heavy (non-hydrogen) atoms. The lowest BCUT2D eigenvalue weighted by molar-refractivity contribution is 0.372. The lowest BCUT2D eigenvalue weighted by atomic mass is 10.4. The molecule has 0 aliphatic rings. The summed E-state index contributed by atoms with van der Waals surface area (Å²) in [6, 6.07) is 0. The molecule has 7 heteroatoms. The molecule has 0 fully saturated rings. The molecule has 0 spiro atoms. The minimum atomic E-state index is 0.683. The van der Waals surface area contributed by atoms with Gasteiger partial charge < -0.3 is 14.7 Å². The first-order valence-corrected chi connectivity index (χ1v) is 7.74. The smallest absolute Gasteiger partial charge is 0.227 e. The second-order valence-corrected chi connectivity index (χ2v) is 5.54. The van der Waals surface area contributed by atoms with Crippen molar-refractivity contribution in [1.82, 2.24) is 20.4 Å². The van der Waals surface area contributed by atoms with E-state index in [4.69, 9.17) is 4.52 Å². The molecule has 110 valence electrons. The van der Waals surface area contributed by atoms with Gasteiger partial charge in [0.2, 0.25) is 5.89 Å². The molecule has 0 amide bonds. The van der Waals surface area contributed by atoms with Crippen LogP contribution in [0.3, 0.4) is 0 Å². The summed E-state index contributed by atoms with van der Waals surface area (Å²) in [4.78, 5) is 12.1. The average Bonchev–Trinajstić information content (AvgIpc) is 3.06. The van der Waals surface area contributed by atoms with Crippen LogP contribution in [-0.2, 0) is 13.0 Å². The first-order chi connectivity index (χ1) is 9.72. The monoisotopic (exact) mass is 295 g/mol. The second kappa shape index (κ2) is 7.35. The lowest BCUT2D eigenvalue weighted by Crippen LogP contribution is -2.21. The highest BCUT2D eigenvalue weighted by molar-refractivity contribution is 7.15. The molecular formula is C13H21N5OS. The van der Waals surface area contributed by atoms with E-state index in [0.717, 1.165) is 37.7 Å². The van der Waals surface area contributed by atoms with Crippen molar-refractivity contribution in [2.45, 2.75) is 33.7 Å². The van der Waals surface area contributed by atoms with Gasteiger partial charge in [-0.05, 0) is 20.8 Å². The normalized spacial score (nSPS) is 10.9. The molecule has 0 saturated carbocycles. The summed E-state index contributed by atoms with van der Waals surface area (Å²) in [5, 5.41) is 8.24. The summed E-state index contributed by atoms with van der Waals surface area (Å²) < 4.78 is 5.06. The summed E-state index contributed by atoms with van der Waals surface area (Å²) in [7, 11) is 0. The minimum Gasteiger partial charge on any atom is -0.349 e. The number of thiazole rings is 1. The van der Waals surface area contributed by atoms with Gasteiger partial charge in [-0.1, -0.05) is 5.16 Å². The molecule has 6 nitrogen and oxygen atoms in total. The first-order valence-electron chi connectivity index (χ1n) is 6.92. The van der Waals surface area contributed by atoms with Crippen LogP contribution in [0.2, 0.25) is 0 Å². The molecule has 2 rings (SSSR count). The fourth-order valence-corrected chi connectivity index (χ4v) is 2.87. The maximum atomic E-state index is 5.06. The Kier molecular flexibility index (Phi) is 5.49. The van der Waals surface area contributed by atoms with E-state index in [2.05, 4.69) is 39.2 Å². The quantitative estimate of drug-likeness (QED) is 0.752. The number of anilines is 1. The van der Waals surface area contributed by atoms with Crippen molar-refractivity contribution in [2.24, 2.45) is 0 Å². The molecule has 0 aliphatic heterocycles. The van der Waals surface area contributed by atoms with Crippen LogP contribution in [0.1, 0.15) is 30.4 Å². The number of nitrogens with zero attached hydrogens (tertiary/aromatic N) is 4. The first kappa shape index (κ1) is 14.9. The molecule has 0 saturated heterocycles.